The van der Waals surface area contributed by atoms with E-state index in [0.717, 1.165) is 60.7 Å². The van der Waals surface area contributed by atoms with Crippen LogP contribution < -0.4 is 4.74 Å². The summed E-state index contributed by atoms with van der Waals surface area (Å²) in [6.45, 7) is 0.0494. The van der Waals surface area contributed by atoms with Gasteiger partial charge in [0.2, 0.25) is 0 Å². The van der Waals surface area contributed by atoms with E-state index in [1.807, 2.05) is 12.1 Å². The predicted octanol–water partition coefficient (Wildman–Crippen LogP) is 6.10. The number of aromatic amines is 1. The van der Waals surface area contributed by atoms with Crippen LogP contribution in [0.3, 0.4) is 0 Å². The van der Waals surface area contributed by atoms with Crippen LogP contribution >= 0.6 is 0 Å². The number of carboxylic acid groups (broad SMARTS) is 1. The van der Waals surface area contributed by atoms with E-state index in [2.05, 4.69) is 4.98 Å². The lowest BCUT2D eigenvalue weighted by Gasteiger charge is -2.19. The maximum atomic E-state index is 13.7. The van der Waals surface area contributed by atoms with Gasteiger partial charge in [0, 0.05) is 22.5 Å². The molecule has 4 N–H and O–H groups in total. The number of benzene rings is 2. The summed E-state index contributed by atoms with van der Waals surface area (Å²) in [6.07, 6.45) is 0.897. The van der Waals surface area contributed by atoms with E-state index < -0.39 is 17.7 Å². The molecular formula is C26H28F3NO4. The molecule has 1 heterocycles. The molecule has 182 valence electrons. The molecule has 2 aromatic carbocycles. The van der Waals surface area contributed by atoms with Crippen molar-refractivity contribution in [3.63, 3.8) is 0 Å². The summed E-state index contributed by atoms with van der Waals surface area (Å²) >= 11 is 0. The lowest BCUT2D eigenvalue weighted by atomic mass is 9.91. The molecule has 0 amide bonds. The van der Waals surface area contributed by atoms with Gasteiger partial charge in [-0.25, -0.2) is 0 Å². The minimum Gasteiger partial charge on any atom is -0.489 e. The molecule has 2 aliphatic carbocycles. The fourth-order valence-electron chi connectivity index (χ4n) is 5.53. The van der Waals surface area contributed by atoms with Crippen molar-refractivity contribution in [1.82, 2.24) is 4.98 Å². The number of alkyl halides is 3. The number of aromatic nitrogens is 1. The average molecular weight is 476 g/mol. The fourth-order valence-corrected chi connectivity index (χ4v) is 5.53. The highest BCUT2D eigenvalue weighted by molar-refractivity contribution is 5.87. The number of halogens is 3. The molecule has 1 atom stereocenters. The van der Waals surface area contributed by atoms with Crippen molar-refractivity contribution in [3.8, 4) is 5.75 Å². The van der Waals surface area contributed by atoms with Crippen molar-refractivity contribution in [2.24, 2.45) is 0 Å². The maximum absolute atomic E-state index is 13.7. The van der Waals surface area contributed by atoms with E-state index in [9.17, 15) is 18.0 Å². The van der Waals surface area contributed by atoms with E-state index >= 15 is 0 Å². The number of ether oxygens (including phenoxy) is 1. The Balaban J connectivity index is 0.00000274. The molecule has 0 radical (unpaired) electrons. The SMILES string of the molecule is O.O=C(O)C[C@@H]1CCc2c1[nH]c1ccc(OCc3ccc(C4CCCC4)c(C(F)(F)F)c3)cc21. The smallest absolute Gasteiger partial charge is 0.416 e. The summed E-state index contributed by atoms with van der Waals surface area (Å²) < 4.78 is 47.1. The Labute approximate surface area is 195 Å². The van der Waals surface area contributed by atoms with Crippen LogP contribution in [-0.2, 0) is 24.0 Å². The molecule has 0 unspecified atom stereocenters. The second-order valence-corrected chi connectivity index (χ2v) is 9.25. The number of carbonyl (C=O) groups is 1. The molecule has 0 aliphatic heterocycles. The summed E-state index contributed by atoms with van der Waals surface area (Å²) in [7, 11) is 0. The van der Waals surface area contributed by atoms with E-state index in [0.29, 0.717) is 16.9 Å². The molecule has 0 bridgehead atoms. The third-order valence-electron chi connectivity index (χ3n) is 7.11. The molecule has 3 aromatic rings. The minimum absolute atomic E-state index is 0. The molecule has 5 nitrogen and oxygen atoms in total. The van der Waals surface area contributed by atoms with Crippen LogP contribution in [0.4, 0.5) is 13.2 Å². The average Bonchev–Trinajstić information content (AvgIpc) is 3.49. The largest absolute Gasteiger partial charge is 0.489 e. The Kier molecular flexibility index (Phi) is 6.62. The maximum Gasteiger partial charge on any atom is 0.416 e. The van der Waals surface area contributed by atoms with Crippen LogP contribution in [0.25, 0.3) is 10.9 Å². The van der Waals surface area contributed by atoms with Crippen LogP contribution in [0.15, 0.2) is 36.4 Å². The highest BCUT2D eigenvalue weighted by Crippen LogP contribution is 2.43. The Hall–Kier alpha value is -3.00. The molecule has 1 fully saturated rings. The first kappa shape index (κ1) is 24.1. The topological polar surface area (TPSA) is 93.8 Å². The Morgan fingerprint density at radius 3 is 2.56 bits per heavy atom. The number of hydrogen-bond donors (Lipinski definition) is 2. The zero-order chi connectivity index (χ0) is 23.2. The van der Waals surface area contributed by atoms with Crippen molar-refractivity contribution >= 4 is 16.9 Å². The normalized spacial score (nSPS) is 18.1. The molecular weight excluding hydrogens is 447 g/mol. The monoisotopic (exact) mass is 475 g/mol. The zero-order valence-corrected chi connectivity index (χ0v) is 18.7. The predicted molar refractivity (Wildman–Crippen MR) is 122 cm³/mol. The first-order valence-electron chi connectivity index (χ1n) is 11.5. The van der Waals surface area contributed by atoms with Crippen LogP contribution in [0.1, 0.15) is 78.3 Å². The van der Waals surface area contributed by atoms with Crippen molar-refractivity contribution < 1.29 is 33.3 Å². The van der Waals surface area contributed by atoms with Gasteiger partial charge >= 0.3 is 12.1 Å². The Bertz CT molecular complexity index is 1190. The summed E-state index contributed by atoms with van der Waals surface area (Å²) in [4.78, 5) is 14.5. The van der Waals surface area contributed by atoms with Crippen molar-refractivity contribution in [2.75, 3.05) is 0 Å². The van der Waals surface area contributed by atoms with E-state index in [-0.39, 0.29) is 30.3 Å². The number of H-pyrrole nitrogens is 1. The van der Waals surface area contributed by atoms with Gasteiger partial charge in [0.05, 0.1) is 12.0 Å². The quantitative estimate of drug-likeness (QED) is 0.451. The number of hydrogen-bond acceptors (Lipinski definition) is 2. The number of fused-ring (bicyclic) bond motifs is 3. The zero-order valence-electron chi connectivity index (χ0n) is 18.7. The van der Waals surface area contributed by atoms with Gasteiger partial charge in [-0.05, 0) is 72.6 Å². The van der Waals surface area contributed by atoms with Crippen molar-refractivity contribution in [3.05, 3.63) is 64.3 Å². The van der Waals surface area contributed by atoms with E-state index in [1.54, 1.807) is 18.2 Å². The second-order valence-electron chi connectivity index (χ2n) is 9.25. The molecule has 0 saturated heterocycles. The summed E-state index contributed by atoms with van der Waals surface area (Å²) in [5, 5.41) is 10.1. The molecule has 2 aliphatic rings. The van der Waals surface area contributed by atoms with E-state index in [1.165, 1.54) is 6.07 Å². The fraction of sp³-hybridized carbons (Fsp3) is 0.423. The van der Waals surface area contributed by atoms with Gasteiger partial charge in [0.25, 0.3) is 0 Å². The standard InChI is InChI=1S/C26H26F3NO3.H2O/c27-26(28,29)22-11-15(5-8-19(22)16-3-1-2-4-16)14-33-18-7-10-23-21(13-18)20-9-6-17(12-24(31)32)25(20)30-23;/h5,7-8,10-11,13,16-17,30H,1-4,6,9,12,14H2,(H,31,32);1H2/t17-;/m0./s1. The Morgan fingerprint density at radius 2 is 1.85 bits per heavy atom. The number of aliphatic carboxylic acids is 1. The highest BCUT2D eigenvalue weighted by Gasteiger charge is 2.36. The van der Waals surface area contributed by atoms with Gasteiger partial charge < -0.3 is 20.3 Å². The van der Waals surface area contributed by atoms with Gasteiger partial charge in [0.15, 0.2) is 0 Å². The summed E-state index contributed by atoms with van der Waals surface area (Å²) in [5.74, 6) is -0.264. The van der Waals surface area contributed by atoms with Gasteiger partial charge in [0.1, 0.15) is 12.4 Å². The Morgan fingerprint density at radius 1 is 1.09 bits per heavy atom. The lowest BCUT2D eigenvalue weighted by Crippen LogP contribution is -2.12. The third-order valence-corrected chi connectivity index (χ3v) is 7.11. The van der Waals surface area contributed by atoms with Crippen LogP contribution in [0, 0.1) is 0 Å². The molecule has 1 aromatic heterocycles. The first-order chi connectivity index (χ1) is 15.8. The van der Waals surface area contributed by atoms with Gasteiger partial charge in [-0.1, -0.05) is 25.0 Å². The van der Waals surface area contributed by atoms with Crippen molar-refractivity contribution in [2.45, 2.75) is 69.6 Å². The molecule has 34 heavy (non-hydrogen) atoms. The van der Waals surface area contributed by atoms with Crippen LogP contribution in [0.2, 0.25) is 0 Å². The van der Waals surface area contributed by atoms with Gasteiger partial charge in [-0.3, -0.25) is 4.79 Å². The molecule has 1 saturated carbocycles. The molecule has 0 spiro atoms. The first-order valence-corrected chi connectivity index (χ1v) is 11.5. The lowest BCUT2D eigenvalue weighted by molar-refractivity contribution is -0.139. The van der Waals surface area contributed by atoms with Gasteiger partial charge in [-0.2, -0.15) is 13.2 Å². The number of aryl methyl sites for hydroxylation is 1. The highest BCUT2D eigenvalue weighted by atomic mass is 19.4. The number of nitrogens with one attached hydrogen (secondary N) is 1. The second kappa shape index (κ2) is 9.33. The molecule has 5 rings (SSSR count). The van der Waals surface area contributed by atoms with Crippen LogP contribution in [-0.4, -0.2) is 21.5 Å². The number of rotatable bonds is 6. The minimum atomic E-state index is -4.38. The van der Waals surface area contributed by atoms with Gasteiger partial charge in [-0.15, -0.1) is 0 Å². The third kappa shape index (κ3) is 4.64. The summed E-state index contributed by atoms with van der Waals surface area (Å²) in [6, 6.07) is 10.2. The molecule has 8 heteroatoms. The van der Waals surface area contributed by atoms with E-state index in [4.69, 9.17) is 9.84 Å². The van der Waals surface area contributed by atoms with Crippen molar-refractivity contribution in [1.29, 1.82) is 0 Å². The van der Waals surface area contributed by atoms with Crippen LogP contribution in [0.5, 0.6) is 5.75 Å². The summed E-state index contributed by atoms with van der Waals surface area (Å²) in [5.41, 5.74) is 3.36. The number of carboxylic acids is 1.